The van der Waals surface area contributed by atoms with E-state index in [1.54, 1.807) is 0 Å². The summed E-state index contributed by atoms with van der Waals surface area (Å²) >= 11 is 0. The molecule has 12 rings (SSSR count). The Kier molecular flexibility index (Phi) is 5.67. The van der Waals surface area contributed by atoms with Gasteiger partial charge in [0.05, 0.1) is 33.0 Å². The number of para-hydroxylation sites is 2. The van der Waals surface area contributed by atoms with E-state index in [9.17, 15) is 0 Å². The topological polar surface area (TPSA) is 39.9 Å². The van der Waals surface area contributed by atoms with Crippen molar-refractivity contribution in [3.8, 4) is 39.8 Å². The van der Waals surface area contributed by atoms with Crippen molar-refractivity contribution in [1.29, 1.82) is 0 Å². The molecule has 0 N–H and O–H groups in total. The molecule has 1 aliphatic heterocycles. The average Bonchev–Trinajstić information content (AvgIpc) is 3.73. The first-order valence-electron chi connectivity index (χ1n) is 18.1. The molecule has 246 valence electrons. The van der Waals surface area contributed by atoms with Crippen LogP contribution in [0.4, 0.5) is 0 Å². The Bertz CT molecular complexity index is 3110. The Morgan fingerprint density at radius 1 is 0.472 bits per heavy atom. The van der Waals surface area contributed by atoms with E-state index in [0.717, 1.165) is 77.4 Å². The van der Waals surface area contributed by atoms with Crippen molar-refractivity contribution in [3.05, 3.63) is 198 Å². The molecule has 4 heteroatoms. The van der Waals surface area contributed by atoms with Gasteiger partial charge in [-0.05, 0) is 45.8 Å². The van der Waals surface area contributed by atoms with Crippen molar-refractivity contribution in [2.75, 3.05) is 0 Å². The van der Waals surface area contributed by atoms with E-state index < -0.39 is 5.41 Å². The van der Waals surface area contributed by atoms with Crippen molar-refractivity contribution in [2.24, 2.45) is 0 Å². The number of nitrogens with zero attached hydrogens (tertiary/aromatic N) is 3. The number of benzene rings is 8. The Balaban J connectivity index is 1.26. The second kappa shape index (κ2) is 10.5. The molecule has 8 aromatic carbocycles. The summed E-state index contributed by atoms with van der Waals surface area (Å²) in [6.45, 7) is 0. The second-order valence-corrected chi connectivity index (χ2v) is 14.0. The third kappa shape index (κ3) is 3.69. The van der Waals surface area contributed by atoms with Gasteiger partial charge in [0.2, 0.25) is 5.95 Å². The van der Waals surface area contributed by atoms with Gasteiger partial charge in [-0.15, -0.1) is 0 Å². The molecule has 0 atom stereocenters. The van der Waals surface area contributed by atoms with E-state index in [2.05, 4.69) is 168 Å². The molecule has 4 nitrogen and oxygen atoms in total. The molecule has 0 amide bonds. The number of hydrogen-bond donors (Lipinski definition) is 0. The molecule has 0 unspecified atom stereocenters. The predicted molar refractivity (Wildman–Crippen MR) is 214 cm³/mol. The largest absolute Gasteiger partial charge is 0.456 e. The summed E-state index contributed by atoms with van der Waals surface area (Å²) < 4.78 is 9.45. The van der Waals surface area contributed by atoms with Gasteiger partial charge >= 0.3 is 0 Å². The lowest BCUT2D eigenvalue weighted by atomic mass is 9.66. The average molecular weight is 676 g/mol. The highest BCUT2D eigenvalue weighted by Crippen LogP contribution is 2.63. The van der Waals surface area contributed by atoms with Crippen LogP contribution in [0.3, 0.4) is 0 Å². The fourth-order valence-corrected chi connectivity index (χ4v) is 9.36. The van der Waals surface area contributed by atoms with E-state index in [1.807, 2.05) is 12.1 Å². The minimum atomic E-state index is -0.559. The van der Waals surface area contributed by atoms with Gasteiger partial charge in [-0.1, -0.05) is 158 Å². The Hall–Kier alpha value is -7.04. The van der Waals surface area contributed by atoms with Gasteiger partial charge in [0.25, 0.3) is 0 Å². The number of fused-ring (bicyclic) bond motifs is 16. The maximum absolute atomic E-state index is 7.19. The summed E-state index contributed by atoms with van der Waals surface area (Å²) in [5, 5.41) is 5.46. The van der Waals surface area contributed by atoms with Crippen LogP contribution in [0.2, 0.25) is 0 Å². The Morgan fingerprint density at radius 2 is 1.13 bits per heavy atom. The maximum atomic E-state index is 7.19. The van der Waals surface area contributed by atoms with Crippen LogP contribution < -0.4 is 4.74 Å². The monoisotopic (exact) mass is 675 g/mol. The molecule has 2 aromatic heterocycles. The van der Waals surface area contributed by atoms with Gasteiger partial charge < -0.3 is 4.74 Å². The smallest absolute Gasteiger partial charge is 0.235 e. The molecule has 10 aromatic rings. The minimum Gasteiger partial charge on any atom is -0.456 e. The molecule has 1 aliphatic carbocycles. The maximum Gasteiger partial charge on any atom is 0.235 e. The SMILES string of the molecule is c1ccc(-c2nc(-n3c4ccc5c(c4c4ccc6ccccc6c43)Oc3ccccc3C53c4ccccc4-c4ccccc43)nc3ccccc23)cc1. The molecular formula is C49H29N3O. The quantitative estimate of drug-likeness (QED) is 0.183. The van der Waals surface area contributed by atoms with Gasteiger partial charge in [-0.3, -0.25) is 4.57 Å². The summed E-state index contributed by atoms with van der Waals surface area (Å²) in [7, 11) is 0. The third-order valence-corrected chi connectivity index (χ3v) is 11.5. The predicted octanol–water partition coefficient (Wildman–Crippen LogP) is 12.0. The van der Waals surface area contributed by atoms with Crippen LogP contribution in [-0.2, 0) is 5.41 Å². The summed E-state index contributed by atoms with van der Waals surface area (Å²) in [5.41, 5.74) is 11.7. The van der Waals surface area contributed by atoms with Crippen LogP contribution in [-0.4, -0.2) is 14.5 Å². The molecule has 0 radical (unpaired) electrons. The lowest BCUT2D eigenvalue weighted by Gasteiger charge is -2.39. The summed E-state index contributed by atoms with van der Waals surface area (Å²) in [6.07, 6.45) is 0. The van der Waals surface area contributed by atoms with E-state index >= 15 is 0 Å². The zero-order valence-corrected chi connectivity index (χ0v) is 28.5. The fraction of sp³-hybridized carbons (Fsp3) is 0.0204. The molecule has 0 fully saturated rings. The van der Waals surface area contributed by atoms with Crippen molar-refractivity contribution in [1.82, 2.24) is 14.5 Å². The van der Waals surface area contributed by atoms with Gasteiger partial charge in [0, 0.05) is 32.8 Å². The van der Waals surface area contributed by atoms with E-state index in [0.29, 0.717) is 5.95 Å². The van der Waals surface area contributed by atoms with Crippen LogP contribution in [0.15, 0.2) is 176 Å². The lowest BCUT2D eigenvalue weighted by molar-refractivity contribution is 0.442. The molecule has 0 saturated heterocycles. The fourth-order valence-electron chi connectivity index (χ4n) is 9.36. The van der Waals surface area contributed by atoms with Crippen LogP contribution in [0.1, 0.15) is 22.3 Å². The van der Waals surface area contributed by atoms with Crippen LogP contribution in [0, 0.1) is 0 Å². The second-order valence-electron chi connectivity index (χ2n) is 14.0. The summed E-state index contributed by atoms with van der Waals surface area (Å²) in [4.78, 5) is 10.7. The number of hydrogen-bond acceptors (Lipinski definition) is 3. The highest BCUT2D eigenvalue weighted by molar-refractivity contribution is 6.21. The standard InChI is InChI=1S/C49H29N3O/c1-2-15-31(16-3-1)45-35-20-8-12-24-41(35)50-48(51-45)52-42-29-28-40-47(44(42)36-27-26-30-14-4-5-17-32(30)46(36)52)53-43-25-13-11-23-39(43)49(40)37-21-9-6-18-33(37)34-19-7-10-22-38(34)49/h1-29H. The minimum absolute atomic E-state index is 0.559. The molecule has 3 heterocycles. The van der Waals surface area contributed by atoms with E-state index in [1.165, 1.54) is 22.3 Å². The first-order valence-corrected chi connectivity index (χ1v) is 18.1. The zero-order valence-electron chi connectivity index (χ0n) is 28.5. The van der Waals surface area contributed by atoms with E-state index in [-0.39, 0.29) is 0 Å². The van der Waals surface area contributed by atoms with Gasteiger partial charge in [0.1, 0.15) is 11.5 Å². The molecule has 1 spiro atoms. The molecule has 2 aliphatic rings. The first-order chi connectivity index (χ1) is 26.3. The number of aromatic nitrogens is 3. The normalized spacial score (nSPS) is 13.6. The number of ether oxygens (including phenoxy) is 1. The zero-order chi connectivity index (χ0) is 34.7. The molecular weight excluding hydrogens is 647 g/mol. The van der Waals surface area contributed by atoms with Gasteiger partial charge in [-0.2, -0.15) is 0 Å². The molecule has 0 saturated carbocycles. The van der Waals surface area contributed by atoms with Crippen LogP contribution in [0.5, 0.6) is 11.5 Å². The van der Waals surface area contributed by atoms with Crippen molar-refractivity contribution >= 4 is 43.5 Å². The molecule has 0 bridgehead atoms. The van der Waals surface area contributed by atoms with Crippen LogP contribution in [0.25, 0.3) is 71.8 Å². The summed E-state index contributed by atoms with van der Waals surface area (Å²) in [6, 6.07) is 62.7. The molecule has 53 heavy (non-hydrogen) atoms. The van der Waals surface area contributed by atoms with Gasteiger partial charge in [-0.25, -0.2) is 9.97 Å². The highest BCUT2D eigenvalue weighted by atomic mass is 16.5. The first kappa shape index (κ1) is 28.6. The van der Waals surface area contributed by atoms with E-state index in [4.69, 9.17) is 14.7 Å². The third-order valence-electron chi connectivity index (χ3n) is 11.5. The number of rotatable bonds is 2. The Morgan fingerprint density at radius 3 is 1.94 bits per heavy atom. The highest BCUT2D eigenvalue weighted by Gasteiger charge is 2.51. The lowest BCUT2D eigenvalue weighted by Crippen LogP contribution is -2.32. The van der Waals surface area contributed by atoms with Crippen molar-refractivity contribution in [2.45, 2.75) is 5.41 Å². The Labute approximate surface area is 305 Å². The summed E-state index contributed by atoms with van der Waals surface area (Å²) in [5.74, 6) is 2.37. The van der Waals surface area contributed by atoms with Crippen molar-refractivity contribution < 1.29 is 4.74 Å². The van der Waals surface area contributed by atoms with Crippen molar-refractivity contribution in [3.63, 3.8) is 0 Å². The van der Waals surface area contributed by atoms with Gasteiger partial charge in [0.15, 0.2) is 0 Å². The van der Waals surface area contributed by atoms with Crippen LogP contribution >= 0.6 is 0 Å².